The van der Waals surface area contributed by atoms with Gasteiger partial charge in [0.15, 0.2) is 0 Å². The van der Waals surface area contributed by atoms with Gasteiger partial charge in [-0.05, 0) is 55.7 Å². The number of amides is 1. The lowest BCUT2D eigenvalue weighted by Gasteiger charge is -2.31. The van der Waals surface area contributed by atoms with Gasteiger partial charge in [-0.1, -0.05) is 17.7 Å². The molecule has 1 aliphatic heterocycles. The predicted molar refractivity (Wildman–Crippen MR) is 101 cm³/mol. The zero-order valence-corrected chi connectivity index (χ0v) is 15.7. The van der Waals surface area contributed by atoms with Crippen LogP contribution in [0.25, 0.3) is 0 Å². The van der Waals surface area contributed by atoms with Crippen molar-refractivity contribution in [2.45, 2.75) is 24.7 Å². The van der Waals surface area contributed by atoms with Gasteiger partial charge >= 0.3 is 0 Å². The van der Waals surface area contributed by atoms with Gasteiger partial charge in [-0.15, -0.1) is 0 Å². The van der Waals surface area contributed by atoms with E-state index in [1.54, 1.807) is 36.4 Å². The van der Waals surface area contributed by atoms with Gasteiger partial charge in [0.1, 0.15) is 6.61 Å². The first-order valence-electron chi connectivity index (χ1n) is 8.43. The minimum Gasteiger partial charge on any atom is -0.375 e. The van der Waals surface area contributed by atoms with E-state index in [1.165, 1.54) is 11.4 Å². The summed E-state index contributed by atoms with van der Waals surface area (Å²) in [5, 5.41) is 2.75. The quantitative estimate of drug-likeness (QED) is 0.873. The fourth-order valence-corrected chi connectivity index (χ4v) is 4.60. The fourth-order valence-electron chi connectivity index (χ4n) is 3.06. The lowest BCUT2D eigenvalue weighted by Crippen LogP contribution is -2.35. The van der Waals surface area contributed by atoms with E-state index in [9.17, 15) is 13.2 Å². The van der Waals surface area contributed by atoms with E-state index in [2.05, 4.69) is 5.32 Å². The van der Waals surface area contributed by atoms with Crippen molar-refractivity contribution in [1.29, 1.82) is 0 Å². The Labute approximate surface area is 153 Å². The minimum atomic E-state index is -3.61. The van der Waals surface area contributed by atoms with Crippen molar-refractivity contribution in [2.75, 3.05) is 29.9 Å². The Morgan fingerprint density at radius 3 is 2.62 bits per heavy atom. The molecule has 2 aromatic carbocycles. The molecule has 0 aliphatic carbocycles. The van der Waals surface area contributed by atoms with Crippen LogP contribution >= 0.6 is 0 Å². The maximum atomic E-state index is 13.0. The maximum absolute atomic E-state index is 13.0. The van der Waals surface area contributed by atoms with Gasteiger partial charge in [0.25, 0.3) is 10.0 Å². The second kappa shape index (κ2) is 7.47. The molecule has 6 nitrogen and oxygen atoms in total. The molecule has 26 heavy (non-hydrogen) atoms. The Morgan fingerprint density at radius 2 is 1.92 bits per heavy atom. The normalized spacial score (nSPS) is 14.0. The highest BCUT2D eigenvalue weighted by Gasteiger charge is 2.29. The predicted octanol–water partition coefficient (Wildman–Crippen LogP) is 2.72. The lowest BCUT2D eigenvalue weighted by molar-refractivity contribution is -0.119. The summed E-state index contributed by atoms with van der Waals surface area (Å²) in [6.07, 6.45) is 1.50. The summed E-state index contributed by atoms with van der Waals surface area (Å²) in [7, 11) is -2.15. The molecular formula is C19H22N2O4S. The first-order valence-corrected chi connectivity index (χ1v) is 9.87. The average molecular weight is 374 g/mol. The number of methoxy groups -OCH3 is 1. The molecule has 1 N–H and O–H groups in total. The Bertz CT molecular complexity index is 908. The van der Waals surface area contributed by atoms with Crippen LogP contribution in [0.2, 0.25) is 0 Å². The molecule has 0 aromatic heterocycles. The lowest BCUT2D eigenvalue weighted by atomic mass is 10.0. The number of aryl methyl sites for hydroxylation is 2. The van der Waals surface area contributed by atoms with Crippen molar-refractivity contribution in [3.8, 4) is 0 Å². The molecule has 3 rings (SSSR count). The van der Waals surface area contributed by atoms with E-state index in [-0.39, 0.29) is 17.4 Å². The fraction of sp³-hybridized carbons (Fsp3) is 0.316. The zero-order chi connectivity index (χ0) is 18.7. The van der Waals surface area contributed by atoms with Crippen molar-refractivity contribution >= 4 is 27.3 Å². The highest BCUT2D eigenvalue weighted by atomic mass is 32.2. The number of carbonyl (C=O) groups is 1. The first-order chi connectivity index (χ1) is 12.4. The number of nitrogens with zero attached hydrogens (tertiary/aromatic N) is 1. The summed E-state index contributed by atoms with van der Waals surface area (Å²) in [5.74, 6) is -0.243. The van der Waals surface area contributed by atoms with E-state index in [0.29, 0.717) is 17.9 Å². The largest absolute Gasteiger partial charge is 0.375 e. The molecule has 7 heteroatoms. The smallest absolute Gasteiger partial charge is 0.264 e. The van der Waals surface area contributed by atoms with Gasteiger partial charge in [-0.25, -0.2) is 8.42 Å². The molecule has 1 aliphatic rings. The highest BCUT2D eigenvalue weighted by molar-refractivity contribution is 7.92. The third kappa shape index (κ3) is 3.73. The van der Waals surface area contributed by atoms with Gasteiger partial charge in [-0.2, -0.15) is 0 Å². The number of carbonyl (C=O) groups excluding carboxylic acids is 1. The molecular weight excluding hydrogens is 352 g/mol. The van der Waals surface area contributed by atoms with Crippen LogP contribution in [-0.4, -0.2) is 34.6 Å². The number of hydrogen-bond donors (Lipinski definition) is 1. The number of anilines is 2. The van der Waals surface area contributed by atoms with Gasteiger partial charge in [0, 0.05) is 19.3 Å². The number of fused-ring (bicyclic) bond motifs is 1. The highest BCUT2D eigenvalue weighted by Crippen LogP contribution is 2.33. The van der Waals surface area contributed by atoms with Gasteiger partial charge in [-0.3, -0.25) is 9.10 Å². The summed E-state index contributed by atoms with van der Waals surface area (Å²) >= 11 is 0. The number of nitrogens with one attached hydrogen (secondary N) is 1. The first kappa shape index (κ1) is 18.4. The molecule has 0 unspecified atom stereocenters. The van der Waals surface area contributed by atoms with Crippen molar-refractivity contribution < 1.29 is 17.9 Å². The molecule has 0 atom stereocenters. The van der Waals surface area contributed by atoms with Crippen molar-refractivity contribution in [1.82, 2.24) is 0 Å². The van der Waals surface area contributed by atoms with Crippen LogP contribution in [0.5, 0.6) is 0 Å². The van der Waals surface area contributed by atoms with E-state index >= 15 is 0 Å². The van der Waals surface area contributed by atoms with E-state index < -0.39 is 10.0 Å². The molecule has 0 fully saturated rings. The van der Waals surface area contributed by atoms with Crippen LogP contribution in [0.3, 0.4) is 0 Å². The van der Waals surface area contributed by atoms with Gasteiger partial charge in [0.05, 0.1) is 10.6 Å². The molecule has 0 spiro atoms. The summed E-state index contributed by atoms with van der Waals surface area (Å²) in [5.41, 5.74) is 3.23. The van der Waals surface area contributed by atoms with Crippen LogP contribution in [0.4, 0.5) is 11.4 Å². The van der Waals surface area contributed by atoms with Crippen LogP contribution in [0.15, 0.2) is 47.4 Å². The topological polar surface area (TPSA) is 75.7 Å². The Kier molecular flexibility index (Phi) is 5.29. The Balaban J connectivity index is 1.91. The molecule has 0 bridgehead atoms. The second-order valence-corrected chi connectivity index (χ2v) is 8.18. The Morgan fingerprint density at radius 1 is 1.19 bits per heavy atom. The van der Waals surface area contributed by atoms with Crippen LogP contribution in [0.1, 0.15) is 17.5 Å². The molecule has 0 saturated carbocycles. The molecule has 1 amide bonds. The molecule has 1 heterocycles. The monoisotopic (exact) mass is 374 g/mol. The third-order valence-corrected chi connectivity index (χ3v) is 6.15. The second-order valence-electron chi connectivity index (χ2n) is 6.32. The SMILES string of the molecule is COCC(=O)Nc1ccc2c(c1)CCCN2S(=O)(=O)c1ccc(C)cc1. The summed E-state index contributed by atoms with van der Waals surface area (Å²) < 4.78 is 32.4. The van der Waals surface area contributed by atoms with E-state index in [1.807, 2.05) is 13.0 Å². The van der Waals surface area contributed by atoms with Crippen LogP contribution < -0.4 is 9.62 Å². The number of hydrogen-bond acceptors (Lipinski definition) is 4. The van der Waals surface area contributed by atoms with E-state index in [0.717, 1.165) is 24.0 Å². The number of rotatable bonds is 5. The standard InChI is InChI=1S/C19H22N2O4S/c1-14-5-8-17(9-6-14)26(23,24)21-11-3-4-15-12-16(7-10-18(15)21)20-19(22)13-25-2/h5-10,12H,3-4,11,13H2,1-2H3,(H,20,22). The third-order valence-electron chi connectivity index (χ3n) is 4.32. The van der Waals surface area contributed by atoms with Crippen LogP contribution in [-0.2, 0) is 26.0 Å². The molecule has 0 saturated heterocycles. The van der Waals surface area contributed by atoms with Crippen molar-refractivity contribution in [3.05, 3.63) is 53.6 Å². The maximum Gasteiger partial charge on any atom is 0.264 e. The average Bonchev–Trinajstić information content (AvgIpc) is 2.61. The Hall–Kier alpha value is -2.38. The van der Waals surface area contributed by atoms with Gasteiger partial charge in [0.2, 0.25) is 5.91 Å². The molecule has 0 radical (unpaired) electrons. The molecule has 2 aromatic rings. The number of sulfonamides is 1. The van der Waals surface area contributed by atoms with E-state index in [4.69, 9.17) is 4.74 Å². The summed E-state index contributed by atoms with van der Waals surface area (Å²) in [4.78, 5) is 12.0. The minimum absolute atomic E-state index is 0.0228. The number of benzene rings is 2. The van der Waals surface area contributed by atoms with Crippen molar-refractivity contribution in [3.63, 3.8) is 0 Å². The summed E-state index contributed by atoms with van der Waals surface area (Å²) in [6.45, 7) is 2.34. The van der Waals surface area contributed by atoms with Crippen LogP contribution in [0, 0.1) is 6.92 Å². The summed E-state index contributed by atoms with van der Waals surface area (Å²) in [6, 6.07) is 12.2. The molecule has 138 valence electrons. The van der Waals surface area contributed by atoms with Crippen molar-refractivity contribution in [2.24, 2.45) is 0 Å². The van der Waals surface area contributed by atoms with Gasteiger partial charge < -0.3 is 10.1 Å². The number of ether oxygens (including phenoxy) is 1. The zero-order valence-electron chi connectivity index (χ0n) is 14.9.